The predicted octanol–water partition coefficient (Wildman–Crippen LogP) is 3.82. The van der Waals surface area contributed by atoms with Crippen LogP contribution in [-0.4, -0.2) is 20.9 Å². The van der Waals surface area contributed by atoms with Crippen LogP contribution in [0.5, 0.6) is 0 Å². The van der Waals surface area contributed by atoms with Crippen molar-refractivity contribution in [3.63, 3.8) is 0 Å². The van der Waals surface area contributed by atoms with Gasteiger partial charge in [0.15, 0.2) is 0 Å². The van der Waals surface area contributed by atoms with Crippen molar-refractivity contribution >= 4 is 15.9 Å². The van der Waals surface area contributed by atoms with E-state index in [4.69, 9.17) is 0 Å². The monoisotopic (exact) mass is 402 g/mol. The SMILES string of the molecule is CC(C)CCNC(=O)CCc1ccc(S(=O)(=O)N[C@H](C)c2ccccc2)cc1. The predicted molar refractivity (Wildman–Crippen MR) is 112 cm³/mol. The Morgan fingerprint density at radius 2 is 1.61 bits per heavy atom. The van der Waals surface area contributed by atoms with Gasteiger partial charge in [-0.3, -0.25) is 4.79 Å². The van der Waals surface area contributed by atoms with Crippen molar-refractivity contribution in [3.05, 3.63) is 65.7 Å². The summed E-state index contributed by atoms with van der Waals surface area (Å²) in [6.45, 7) is 6.76. The highest BCUT2D eigenvalue weighted by Crippen LogP contribution is 2.17. The number of carbonyl (C=O) groups is 1. The molecule has 0 aliphatic carbocycles. The van der Waals surface area contributed by atoms with E-state index < -0.39 is 10.0 Å². The van der Waals surface area contributed by atoms with Crippen molar-refractivity contribution in [2.24, 2.45) is 5.92 Å². The molecule has 6 heteroatoms. The average Bonchev–Trinajstić information content (AvgIpc) is 2.67. The van der Waals surface area contributed by atoms with E-state index >= 15 is 0 Å². The molecule has 0 saturated heterocycles. The van der Waals surface area contributed by atoms with E-state index in [9.17, 15) is 13.2 Å². The van der Waals surface area contributed by atoms with Crippen molar-refractivity contribution in [3.8, 4) is 0 Å². The fraction of sp³-hybridized carbons (Fsp3) is 0.409. The van der Waals surface area contributed by atoms with Crippen LogP contribution in [0.3, 0.4) is 0 Å². The van der Waals surface area contributed by atoms with Gasteiger partial charge < -0.3 is 5.32 Å². The molecule has 0 radical (unpaired) electrons. The molecule has 2 aromatic rings. The van der Waals surface area contributed by atoms with E-state index in [0.717, 1.165) is 17.5 Å². The first-order valence-electron chi connectivity index (χ1n) is 9.71. The zero-order chi connectivity index (χ0) is 20.6. The van der Waals surface area contributed by atoms with Gasteiger partial charge >= 0.3 is 0 Å². The van der Waals surface area contributed by atoms with Gasteiger partial charge in [0.2, 0.25) is 15.9 Å². The van der Waals surface area contributed by atoms with Gasteiger partial charge in [-0.25, -0.2) is 13.1 Å². The van der Waals surface area contributed by atoms with Gasteiger partial charge in [-0.1, -0.05) is 56.3 Å². The maximum absolute atomic E-state index is 12.6. The molecule has 0 fully saturated rings. The molecule has 0 unspecified atom stereocenters. The Labute approximate surface area is 168 Å². The van der Waals surface area contributed by atoms with Crippen LogP contribution >= 0.6 is 0 Å². The molecule has 1 amide bonds. The summed E-state index contributed by atoms with van der Waals surface area (Å²) in [6.07, 6.45) is 1.95. The Bertz CT molecular complexity index is 847. The summed E-state index contributed by atoms with van der Waals surface area (Å²) in [6, 6.07) is 15.8. The van der Waals surface area contributed by atoms with Crippen LogP contribution in [0.15, 0.2) is 59.5 Å². The Morgan fingerprint density at radius 1 is 0.964 bits per heavy atom. The number of hydrogen-bond donors (Lipinski definition) is 2. The number of amides is 1. The summed E-state index contributed by atoms with van der Waals surface area (Å²) in [4.78, 5) is 12.1. The lowest BCUT2D eigenvalue weighted by Gasteiger charge is -2.15. The van der Waals surface area contributed by atoms with Gasteiger partial charge in [0.25, 0.3) is 0 Å². The third-order valence-electron chi connectivity index (χ3n) is 4.55. The van der Waals surface area contributed by atoms with E-state index in [2.05, 4.69) is 23.9 Å². The summed E-state index contributed by atoms with van der Waals surface area (Å²) >= 11 is 0. The first-order chi connectivity index (χ1) is 13.3. The second-order valence-corrected chi connectivity index (χ2v) is 9.14. The topological polar surface area (TPSA) is 75.3 Å². The van der Waals surface area contributed by atoms with E-state index in [0.29, 0.717) is 25.3 Å². The highest BCUT2D eigenvalue weighted by molar-refractivity contribution is 7.89. The average molecular weight is 403 g/mol. The number of sulfonamides is 1. The summed E-state index contributed by atoms with van der Waals surface area (Å²) in [7, 11) is -3.61. The van der Waals surface area contributed by atoms with Crippen molar-refractivity contribution in [1.82, 2.24) is 10.0 Å². The molecule has 0 aromatic heterocycles. The summed E-state index contributed by atoms with van der Waals surface area (Å²) in [5, 5.41) is 2.91. The largest absolute Gasteiger partial charge is 0.356 e. The number of carbonyl (C=O) groups excluding carboxylic acids is 1. The minimum atomic E-state index is -3.61. The number of hydrogen-bond acceptors (Lipinski definition) is 3. The van der Waals surface area contributed by atoms with Crippen molar-refractivity contribution in [2.75, 3.05) is 6.54 Å². The van der Waals surface area contributed by atoms with Crippen LogP contribution < -0.4 is 10.0 Å². The second-order valence-electron chi connectivity index (χ2n) is 7.43. The smallest absolute Gasteiger partial charge is 0.241 e. The zero-order valence-electron chi connectivity index (χ0n) is 16.8. The summed E-state index contributed by atoms with van der Waals surface area (Å²) in [5.41, 5.74) is 1.85. The van der Waals surface area contributed by atoms with Crippen LogP contribution in [0.4, 0.5) is 0 Å². The fourth-order valence-electron chi connectivity index (χ4n) is 2.79. The lowest BCUT2D eigenvalue weighted by molar-refractivity contribution is -0.121. The third-order valence-corrected chi connectivity index (χ3v) is 6.11. The second kappa shape index (κ2) is 10.4. The Hall–Kier alpha value is -2.18. The van der Waals surface area contributed by atoms with Gasteiger partial charge in [0, 0.05) is 19.0 Å². The Kier molecular flexibility index (Phi) is 8.20. The highest BCUT2D eigenvalue weighted by atomic mass is 32.2. The molecule has 152 valence electrons. The van der Waals surface area contributed by atoms with Crippen LogP contribution in [0.1, 0.15) is 50.8 Å². The third kappa shape index (κ3) is 7.09. The van der Waals surface area contributed by atoms with Crippen LogP contribution in [0.25, 0.3) is 0 Å². The summed E-state index contributed by atoms with van der Waals surface area (Å²) < 4.78 is 27.9. The maximum Gasteiger partial charge on any atom is 0.241 e. The van der Waals surface area contributed by atoms with Crippen LogP contribution in [-0.2, 0) is 21.2 Å². The molecule has 0 aliphatic rings. The van der Waals surface area contributed by atoms with Crippen molar-refractivity contribution < 1.29 is 13.2 Å². The maximum atomic E-state index is 12.6. The number of benzene rings is 2. The first kappa shape index (κ1) is 22.1. The molecule has 0 aliphatic heterocycles. The van der Waals surface area contributed by atoms with E-state index in [1.807, 2.05) is 37.3 Å². The number of nitrogens with one attached hydrogen (secondary N) is 2. The molecule has 1 atom stereocenters. The minimum absolute atomic E-state index is 0.0238. The molecular weight excluding hydrogens is 372 g/mol. The molecule has 0 heterocycles. The van der Waals surface area contributed by atoms with Gasteiger partial charge in [0.05, 0.1) is 4.90 Å². The molecule has 2 aromatic carbocycles. The van der Waals surface area contributed by atoms with Gasteiger partial charge in [-0.2, -0.15) is 0 Å². The fourth-order valence-corrected chi connectivity index (χ4v) is 4.02. The van der Waals surface area contributed by atoms with Crippen LogP contribution in [0, 0.1) is 5.92 Å². The molecule has 0 bridgehead atoms. The Balaban J connectivity index is 1.89. The van der Waals surface area contributed by atoms with Crippen LogP contribution in [0.2, 0.25) is 0 Å². The quantitative estimate of drug-likeness (QED) is 0.634. The Morgan fingerprint density at radius 3 is 2.21 bits per heavy atom. The number of rotatable bonds is 10. The molecule has 5 nitrogen and oxygen atoms in total. The van der Waals surface area contributed by atoms with Gasteiger partial charge in [-0.05, 0) is 48.9 Å². The van der Waals surface area contributed by atoms with E-state index in [1.165, 1.54) is 0 Å². The highest BCUT2D eigenvalue weighted by Gasteiger charge is 2.18. The minimum Gasteiger partial charge on any atom is -0.356 e. The zero-order valence-corrected chi connectivity index (χ0v) is 17.6. The lowest BCUT2D eigenvalue weighted by Crippen LogP contribution is -2.27. The molecule has 28 heavy (non-hydrogen) atoms. The normalized spacial score (nSPS) is 12.7. The number of aryl methyl sites for hydroxylation is 1. The molecule has 2 N–H and O–H groups in total. The van der Waals surface area contributed by atoms with Gasteiger partial charge in [0.1, 0.15) is 0 Å². The molecule has 0 saturated carbocycles. The van der Waals surface area contributed by atoms with E-state index in [-0.39, 0.29) is 16.8 Å². The standard InChI is InChI=1S/C22H30N2O3S/c1-17(2)15-16-23-22(25)14-11-19-9-12-21(13-10-19)28(26,27)24-18(3)20-7-5-4-6-8-20/h4-10,12-13,17-18,24H,11,14-16H2,1-3H3,(H,23,25)/t18-/m1/s1. The molecule has 2 rings (SSSR count). The summed E-state index contributed by atoms with van der Waals surface area (Å²) in [5.74, 6) is 0.587. The van der Waals surface area contributed by atoms with Crippen molar-refractivity contribution in [2.45, 2.75) is 51.0 Å². The van der Waals surface area contributed by atoms with E-state index in [1.54, 1.807) is 24.3 Å². The molecule has 0 spiro atoms. The van der Waals surface area contributed by atoms with Gasteiger partial charge in [-0.15, -0.1) is 0 Å². The molecular formula is C22H30N2O3S. The lowest BCUT2D eigenvalue weighted by atomic mass is 10.1. The first-order valence-corrected chi connectivity index (χ1v) is 11.2. The van der Waals surface area contributed by atoms with Crippen molar-refractivity contribution in [1.29, 1.82) is 0 Å².